The first-order chi connectivity index (χ1) is 15.8. The molecule has 33 heavy (non-hydrogen) atoms. The summed E-state index contributed by atoms with van der Waals surface area (Å²) >= 11 is 6.26. The maximum absolute atomic E-state index is 13.1. The Labute approximate surface area is 196 Å². The maximum Gasteiger partial charge on any atom is 0.283 e. The number of carbonyl (C=O) groups is 3. The van der Waals surface area contributed by atoms with Crippen molar-refractivity contribution in [3.63, 3.8) is 0 Å². The predicted molar refractivity (Wildman–Crippen MR) is 130 cm³/mol. The molecule has 1 heterocycles. The van der Waals surface area contributed by atoms with Gasteiger partial charge in [-0.15, -0.1) is 0 Å². The Kier molecular flexibility index (Phi) is 6.03. The van der Waals surface area contributed by atoms with Gasteiger partial charge in [-0.3, -0.25) is 14.4 Å². The molecule has 0 aliphatic carbocycles. The lowest BCUT2D eigenvalue weighted by Gasteiger charge is -2.18. The zero-order valence-electron chi connectivity index (χ0n) is 18.4. The van der Waals surface area contributed by atoms with Crippen molar-refractivity contribution in [1.82, 2.24) is 0 Å². The molecule has 0 saturated carbocycles. The van der Waals surface area contributed by atoms with E-state index in [1.807, 2.05) is 51.1 Å². The van der Waals surface area contributed by atoms with Crippen molar-refractivity contribution in [3.8, 4) is 0 Å². The van der Waals surface area contributed by atoms with Crippen molar-refractivity contribution >= 4 is 46.4 Å². The number of anilines is 3. The smallest absolute Gasteiger partial charge is 0.283 e. The fraction of sp³-hybridized carbons (Fsp3) is 0.115. The molecular formula is C26H22ClN3O3. The predicted octanol–water partition coefficient (Wildman–Crippen LogP) is 5.30. The highest BCUT2D eigenvalue weighted by atomic mass is 35.5. The summed E-state index contributed by atoms with van der Waals surface area (Å²) in [5.74, 6) is -1.43. The van der Waals surface area contributed by atoms with E-state index in [1.165, 1.54) is 0 Å². The van der Waals surface area contributed by atoms with Gasteiger partial charge in [0.15, 0.2) is 0 Å². The molecule has 6 nitrogen and oxygen atoms in total. The van der Waals surface area contributed by atoms with Gasteiger partial charge in [-0.25, -0.2) is 4.90 Å². The normalized spacial score (nSPS) is 13.5. The highest BCUT2D eigenvalue weighted by molar-refractivity contribution is 6.53. The van der Waals surface area contributed by atoms with Crippen LogP contribution in [0.3, 0.4) is 0 Å². The van der Waals surface area contributed by atoms with Crippen LogP contribution in [0.2, 0.25) is 0 Å². The Morgan fingerprint density at radius 2 is 1.55 bits per heavy atom. The highest BCUT2D eigenvalue weighted by Crippen LogP contribution is 2.33. The van der Waals surface area contributed by atoms with E-state index in [1.54, 1.807) is 36.4 Å². The quantitative estimate of drug-likeness (QED) is 0.507. The van der Waals surface area contributed by atoms with Crippen LogP contribution in [0.4, 0.5) is 17.1 Å². The minimum absolute atomic E-state index is 0.0287. The molecule has 2 N–H and O–H groups in total. The Hall–Kier alpha value is -3.90. The van der Waals surface area contributed by atoms with Gasteiger partial charge in [0.1, 0.15) is 10.7 Å². The second-order valence-electron chi connectivity index (χ2n) is 7.83. The third-order valence-corrected chi connectivity index (χ3v) is 5.98. The van der Waals surface area contributed by atoms with Gasteiger partial charge < -0.3 is 10.6 Å². The number of nitrogens with one attached hydrogen (secondary N) is 2. The van der Waals surface area contributed by atoms with Crippen molar-refractivity contribution in [2.24, 2.45) is 0 Å². The second-order valence-corrected chi connectivity index (χ2v) is 8.21. The van der Waals surface area contributed by atoms with Gasteiger partial charge in [0, 0.05) is 16.9 Å². The maximum atomic E-state index is 13.1. The summed E-state index contributed by atoms with van der Waals surface area (Å²) in [5, 5.41) is 5.61. The average molecular weight is 460 g/mol. The number of rotatable bonds is 5. The number of para-hydroxylation sites is 1. The lowest BCUT2D eigenvalue weighted by molar-refractivity contribution is -0.120. The van der Waals surface area contributed by atoms with Crippen LogP contribution in [0.1, 0.15) is 27.0 Å². The Bertz CT molecular complexity index is 1330. The molecule has 7 heteroatoms. The van der Waals surface area contributed by atoms with E-state index >= 15 is 0 Å². The highest BCUT2D eigenvalue weighted by Gasteiger charge is 2.39. The minimum atomic E-state index is -0.591. The SMILES string of the molecule is Cc1ccccc1NC(=O)c1cccc(NC2=C(Cl)C(=O)N(c3cccc(C)c3C)C2=O)c1. The standard InChI is InChI=1S/C26H22ClN3O3/c1-15-9-6-13-21(17(15)3)30-25(32)22(27)23(26(30)33)28-19-11-7-10-18(14-19)24(31)29-20-12-5-4-8-16(20)2/h4-14,28H,1-3H3,(H,29,31). The van der Waals surface area contributed by atoms with Crippen molar-refractivity contribution in [2.45, 2.75) is 20.8 Å². The molecule has 0 atom stereocenters. The summed E-state index contributed by atoms with van der Waals surface area (Å²) in [6.45, 7) is 5.67. The number of imide groups is 1. The Morgan fingerprint density at radius 3 is 2.30 bits per heavy atom. The van der Waals surface area contributed by atoms with Gasteiger partial charge in [0.05, 0.1) is 5.69 Å². The summed E-state index contributed by atoms with van der Waals surface area (Å²) in [6, 6.07) is 19.5. The van der Waals surface area contributed by atoms with Crippen LogP contribution in [-0.2, 0) is 9.59 Å². The molecule has 0 saturated heterocycles. The molecule has 1 aliphatic rings. The van der Waals surface area contributed by atoms with Gasteiger partial charge in [-0.2, -0.15) is 0 Å². The Balaban J connectivity index is 1.57. The monoisotopic (exact) mass is 459 g/mol. The second kappa shape index (κ2) is 8.92. The first-order valence-electron chi connectivity index (χ1n) is 10.4. The van der Waals surface area contributed by atoms with Crippen molar-refractivity contribution < 1.29 is 14.4 Å². The van der Waals surface area contributed by atoms with Gasteiger partial charge in [0.2, 0.25) is 0 Å². The molecule has 0 unspecified atom stereocenters. The summed E-state index contributed by atoms with van der Waals surface area (Å²) in [4.78, 5) is 39.7. The molecule has 0 aromatic heterocycles. The molecule has 3 amide bonds. The first-order valence-corrected chi connectivity index (χ1v) is 10.7. The zero-order chi connectivity index (χ0) is 23.7. The minimum Gasteiger partial charge on any atom is -0.350 e. The van der Waals surface area contributed by atoms with E-state index in [9.17, 15) is 14.4 Å². The Morgan fingerprint density at radius 1 is 0.848 bits per heavy atom. The number of nitrogens with zero attached hydrogens (tertiary/aromatic N) is 1. The van der Waals surface area contributed by atoms with E-state index < -0.39 is 11.8 Å². The molecule has 4 rings (SSSR count). The largest absolute Gasteiger partial charge is 0.350 e. The molecule has 0 radical (unpaired) electrons. The van der Waals surface area contributed by atoms with Crippen LogP contribution in [0.5, 0.6) is 0 Å². The number of hydrogen-bond donors (Lipinski definition) is 2. The molecule has 0 fully saturated rings. The van der Waals surface area contributed by atoms with Crippen molar-refractivity contribution in [1.29, 1.82) is 0 Å². The van der Waals surface area contributed by atoms with E-state index in [4.69, 9.17) is 11.6 Å². The molecule has 0 bridgehead atoms. The van der Waals surface area contributed by atoms with Gasteiger partial charge in [0.25, 0.3) is 17.7 Å². The molecule has 3 aromatic carbocycles. The lowest BCUT2D eigenvalue weighted by atomic mass is 10.1. The number of carbonyl (C=O) groups excluding carboxylic acids is 3. The fourth-order valence-electron chi connectivity index (χ4n) is 3.60. The summed E-state index contributed by atoms with van der Waals surface area (Å²) in [7, 11) is 0. The van der Waals surface area contributed by atoms with Gasteiger partial charge in [-0.05, 0) is 67.8 Å². The van der Waals surface area contributed by atoms with Crippen LogP contribution < -0.4 is 15.5 Å². The fourth-order valence-corrected chi connectivity index (χ4v) is 3.81. The summed E-state index contributed by atoms with van der Waals surface area (Å²) < 4.78 is 0. The van der Waals surface area contributed by atoms with Crippen LogP contribution >= 0.6 is 11.6 Å². The summed E-state index contributed by atoms with van der Waals surface area (Å²) in [6.07, 6.45) is 0. The van der Waals surface area contributed by atoms with Crippen LogP contribution in [0.15, 0.2) is 77.5 Å². The third kappa shape index (κ3) is 4.25. The number of benzene rings is 3. The number of halogens is 1. The topological polar surface area (TPSA) is 78.5 Å². The lowest BCUT2D eigenvalue weighted by Crippen LogP contribution is -2.33. The molecule has 3 aromatic rings. The average Bonchev–Trinajstić information content (AvgIpc) is 3.00. The van der Waals surface area contributed by atoms with Gasteiger partial charge in [-0.1, -0.05) is 48.0 Å². The number of hydrogen-bond acceptors (Lipinski definition) is 4. The van der Waals surface area contributed by atoms with E-state index in [0.29, 0.717) is 22.6 Å². The van der Waals surface area contributed by atoms with E-state index in [-0.39, 0.29) is 16.6 Å². The first kappa shape index (κ1) is 22.3. The number of aryl methyl sites for hydroxylation is 2. The van der Waals surface area contributed by atoms with E-state index in [2.05, 4.69) is 10.6 Å². The van der Waals surface area contributed by atoms with Crippen molar-refractivity contribution in [3.05, 3.63) is 99.7 Å². The molecular weight excluding hydrogens is 438 g/mol. The molecule has 0 spiro atoms. The van der Waals surface area contributed by atoms with Crippen LogP contribution in [0.25, 0.3) is 0 Å². The van der Waals surface area contributed by atoms with Gasteiger partial charge >= 0.3 is 0 Å². The molecule has 1 aliphatic heterocycles. The number of amides is 3. The van der Waals surface area contributed by atoms with Crippen LogP contribution in [-0.4, -0.2) is 17.7 Å². The zero-order valence-corrected chi connectivity index (χ0v) is 19.2. The third-order valence-electron chi connectivity index (χ3n) is 5.63. The van der Waals surface area contributed by atoms with Crippen LogP contribution in [0, 0.1) is 20.8 Å². The van der Waals surface area contributed by atoms with Crippen molar-refractivity contribution in [2.75, 3.05) is 15.5 Å². The summed E-state index contributed by atoms with van der Waals surface area (Å²) in [5.41, 5.74) is 4.75. The molecule has 166 valence electrons. The van der Waals surface area contributed by atoms with E-state index in [0.717, 1.165) is 21.6 Å².